The number of methoxy groups -OCH3 is 2. The Morgan fingerprint density at radius 2 is 1.78 bits per heavy atom. The molecular weight excluding hydrogens is 342 g/mol. The van der Waals surface area contributed by atoms with Crippen LogP contribution in [0.25, 0.3) is 0 Å². The summed E-state index contributed by atoms with van der Waals surface area (Å²) in [6.07, 6.45) is 0. The molecule has 0 unspecified atom stereocenters. The van der Waals surface area contributed by atoms with E-state index in [1.165, 1.54) is 30.9 Å². The van der Waals surface area contributed by atoms with Crippen molar-refractivity contribution >= 4 is 11.9 Å². The molecule has 0 fully saturated rings. The van der Waals surface area contributed by atoms with E-state index >= 15 is 0 Å². The lowest BCUT2D eigenvalue weighted by molar-refractivity contribution is 0.0597. The average Bonchev–Trinajstić information content (AvgIpc) is 2.68. The molecule has 6 nitrogen and oxygen atoms in total. The number of hydrogen-bond acceptors (Lipinski definition) is 4. The highest BCUT2D eigenvalue weighted by Crippen LogP contribution is 2.20. The second-order valence-electron chi connectivity index (χ2n) is 6.24. The minimum atomic E-state index is -0.425. The number of benzene rings is 2. The van der Waals surface area contributed by atoms with Gasteiger partial charge >= 0.3 is 5.97 Å². The van der Waals surface area contributed by atoms with Crippen molar-refractivity contribution in [3.05, 3.63) is 64.2 Å². The van der Waals surface area contributed by atoms with Gasteiger partial charge in [-0.2, -0.15) is 0 Å². The number of rotatable bonds is 6. The highest BCUT2D eigenvalue weighted by atomic mass is 16.5. The average molecular weight is 369 g/mol. The summed E-state index contributed by atoms with van der Waals surface area (Å²) in [4.78, 5) is 16.1. The van der Waals surface area contributed by atoms with Gasteiger partial charge < -0.3 is 20.1 Å². The van der Waals surface area contributed by atoms with Gasteiger partial charge in [0.25, 0.3) is 0 Å². The normalized spacial score (nSPS) is 11.1. The van der Waals surface area contributed by atoms with Crippen molar-refractivity contribution in [3.63, 3.8) is 0 Å². The molecule has 2 rings (SSSR count). The highest BCUT2D eigenvalue weighted by Gasteiger charge is 2.13. The van der Waals surface area contributed by atoms with Gasteiger partial charge in [0.05, 0.1) is 14.2 Å². The molecule has 0 aliphatic heterocycles. The first kappa shape index (κ1) is 20.3. The van der Waals surface area contributed by atoms with Crippen LogP contribution in [0.5, 0.6) is 5.75 Å². The van der Waals surface area contributed by atoms with Gasteiger partial charge in [-0.15, -0.1) is 0 Å². The predicted molar refractivity (Wildman–Crippen MR) is 107 cm³/mol. The SMILES string of the molecule is CN=C(NCc1ccc(OC)c(C(=O)OC)c1)NCc1ccc(C)cc1C. The van der Waals surface area contributed by atoms with Crippen LogP contribution < -0.4 is 15.4 Å². The number of hydrogen-bond donors (Lipinski definition) is 2. The summed E-state index contributed by atoms with van der Waals surface area (Å²) in [6, 6.07) is 11.8. The molecule has 0 spiro atoms. The smallest absolute Gasteiger partial charge is 0.341 e. The Labute approximate surface area is 160 Å². The number of nitrogens with one attached hydrogen (secondary N) is 2. The molecule has 2 aromatic rings. The molecule has 27 heavy (non-hydrogen) atoms. The maximum absolute atomic E-state index is 11.9. The van der Waals surface area contributed by atoms with Gasteiger partial charge in [-0.05, 0) is 42.7 Å². The van der Waals surface area contributed by atoms with Crippen molar-refractivity contribution in [3.8, 4) is 5.75 Å². The third kappa shape index (κ3) is 5.48. The first-order chi connectivity index (χ1) is 13.0. The molecule has 0 aliphatic carbocycles. The molecule has 0 saturated heterocycles. The monoisotopic (exact) mass is 369 g/mol. The van der Waals surface area contributed by atoms with Crippen LogP contribution in [-0.4, -0.2) is 33.2 Å². The number of esters is 1. The standard InChI is InChI=1S/C21H27N3O3/c1-14-6-8-17(15(2)10-14)13-24-21(22-3)23-12-16-7-9-19(26-4)18(11-16)20(25)27-5/h6-11H,12-13H2,1-5H3,(H2,22,23,24). The minimum Gasteiger partial charge on any atom is -0.496 e. The lowest BCUT2D eigenvalue weighted by Gasteiger charge is -2.14. The van der Waals surface area contributed by atoms with E-state index in [9.17, 15) is 4.79 Å². The van der Waals surface area contributed by atoms with E-state index in [0.717, 1.165) is 5.56 Å². The van der Waals surface area contributed by atoms with Crippen molar-refractivity contribution in [2.75, 3.05) is 21.3 Å². The topological polar surface area (TPSA) is 72.0 Å². The molecule has 2 N–H and O–H groups in total. The summed E-state index contributed by atoms with van der Waals surface area (Å²) < 4.78 is 10.0. The second kappa shape index (κ2) is 9.62. The van der Waals surface area contributed by atoms with Gasteiger partial charge in [-0.1, -0.05) is 29.8 Å². The molecule has 144 valence electrons. The third-order valence-electron chi connectivity index (χ3n) is 4.30. The number of ether oxygens (including phenoxy) is 2. The van der Waals surface area contributed by atoms with Crippen LogP contribution in [0, 0.1) is 13.8 Å². The maximum Gasteiger partial charge on any atom is 0.341 e. The minimum absolute atomic E-state index is 0.400. The predicted octanol–water partition coefficient (Wildman–Crippen LogP) is 2.96. The Bertz CT molecular complexity index is 831. The largest absolute Gasteiger partial charge is 0.496 e. The molecule has 6 heteroatoms. The van der Waals surface area contributed by atoms with E-state index in [2.05, 4.69) is 47.7 Å². The van der Waals surface area contributed by atoms with E-state index in [0.29, 0.717) is 30.4 Å². The van der Waals surface area contributed by atoms with Crippen molar-refractivity contribution < 1.29 is 14.3 Å². The van der Waals surface area contributed by atoms with Gasteiger partial charge in [-0.3, -0.25) is 4.99 Å². The van der Waals surface area contributed by atoms with Crippen LogP contribution >= 0.6 is 0 Å². The van der Waals surface area contributed by atoms with Crippen molar-refractivity contribution in [1.29, 1.82) is 0 Å². The summed E-state index contributed by atoms with van der Waals surface area (Å²) in [5, 5.41) is 6.56. The molecule has 0 bridgehead atoms. The van der Waals surface area contributed by atoms with Gasteiger partial charge in [0.1, 0.15) is 11.3 Å². The lowest BCUT2D eigenvalue weighted by Crippen LogP contribution is -2.36. The van der Waals surface area contributed by atoms with Crippen LogP contribution in [0.3, 0.4) is 0 Å². The molecule has 0 radical (unpaired) electrons. The maximum atomic E-state index is 11.9. The van der Waals surface area contributed by atoms with Crippen LogP contribution in [-0.2, 0) is 17.8 Å². The Balaban J connectivity index is 2.00. The molecule has 2 aromatic carbocycles. The molecule has 0 amide bonds. The van der Waals surface area contributed by atoms with Gasteiger partial charge in [0.15, 0.2) is 5.96 Å². The number of aliphatic imine (C=N–C) groups is 1. The Kier molecular flexibility index (Phi) is 7.23. The zero-order valence-corrected chi connectivity index (χ0v) is 16.6. The van der Waals surface area contributed by atoms with E-state index in [1.807, 2.05) is 6.07 Å². The molecule has 0 heterocycles. The molecule has 0 saturated carbocycles. The summed E-state index contributed by atoms with van der Waals surface area (Å²) in [7, 11) is 4.61. The van der Waals surface area contributed by atoms with Crippen molar-refractivity contribution in [2.45, 2.75) is 26.9 Å². The molecule has 0 aromatic heterocycles. The Morgan fingerprint density at radius 3 is 2.41 bits per heavy atom. The quantitative estimate of drug-likeness (QED) is 0.465. The Hall–Kier alpha value is -3.02. The van der Waals surface area contributed by atoms with Gasteiger partial charge in [-0.25, -0.2) is 4.79 Å². The first-order valence-corrected chi connectivity index (χ1v) is 8.74. The van der Waals surface area contributed by atoms with Crippen LogP contribution in [0.15, 0.2) is 41.4 Å². The zero-order chi connectivity index (χ0) is 19.8. The summed E-state index contributed by atoms with van der Waals surface area (Å²) in [6.45, 7) is 5.39. The number of nitrogens with zero attached hydrogens (tertiary/aromatic N) is 1. The van der Waals surface area contributed by atoms with E-state index in [-0.39, 0.29) is 0 Å². The lowest BCUT2D eigenvalue weighted by atomic mass is 10.1. The first-order valence-electron chi connectivity index (χ1n) is 8.74. The molecule has 0 aliphatic rings. The van der Waals surface area contributed by atoms with E-state index < -0.39 is 5.97 Å². The number of carbonyl (C=O) groups excluding carboxylic acids is 1. The molecule has 0 atom stereocenters. The summed E-state index contributed by atoms with van der Waals surface area (Å²) in [5.41, 5.74) is 5.04. The van der Waals surface area contributed by atoms with Crippen LogP contribution in [0.1, 0.15) is 32.6 Å². The van der Waals surface area contributed by atoms with Gasteiger partial charge in [0, 0.05) is 20.1 Å². The van der Waals surface area contributed by atoms with Crippen LogP contribution in [0.2, 0.25) is 0 Å². The third-order valence-corrected chi connectivity index (χ3v) is 4.30. The van der Waals surface area contributed by atoms with Crippen molar-refractivity contribution in [1.82, 2.24) is 10.6 Å². The van der Waals surface area contributed by atoms with E-state index in [1.54, 1.807) is 19.2 Å². The summed E-state index contributed by atoms with van der Waals surface area (Å²) >= 11 is 0. The summed E-state index contributed by atoms with van der Waals surface area (Å²) in [5.74, 6) is 0.749. The van der Waals surface area contributed by atoms with E-state index in [4.69, 9.17) is 9.47 Å². The zero-order valence-electron chi connectivity index (χ0n) is 16.6. The fraction of sp³-hybridized carbons (Fsp3) is 0.333. The highest BCUT2D eigenvalue weighted by molar-refractivity contribution is 5.92. The Morgan fingerprint density at radius 1 is 1.04 bits per heavy atom. The fourth-order valence-electron chi connectivity index (χ4n) is 2.76. The second-order valence-corrected chi connectivity index (χ2v) is 6.24. The fourth-order valence-corrected chi connectivity index (χ4v) is 2.76. The number of guanidine groups is 1. The van der Waals surface area contributed by atoms with Gasteiger partial charge in [0.2, 0.25) is 0 Å². The number of carbonyl (C=O) groups is 1. The van der Waals surface area contributed by atoms with Crippen molar-refractivity contribution in [2.24, 2.45) is 4.99 Å². The molecular formula is C21H27N3O3. The number of aryl methyl sites for hydroxylation is 2. The van der Waals surface area contributed by atoms with Crippen LogP contribution in [0.4, 0.5) is 0 Å².